The lowest BCUT2D eigenvalue weighted by Crippen LogP contribution is -2.04. The van der Waals surface area contributed by atoms with Crippen LogP contribution in [0.3, 0.4) is 0 Å². The maximum atomic E-state index is 4.56. The molecule has 1 aromatic carbocycles. The molecule has 20 heavy (non-hydrogen) atoms. The fourth-order valence-electron chi connectivity index (χ4n) is 1.76. The molecule has 0 spiro atoms. The molecule has 5 heteroatoms. The molecule has 0 saturated heterocycles. The number of nitrogens with one attached hydrogen (secondary N) is 1. The van der Waals surface area contributed by atoms with Crippen molar-refractivity contribution in [3.05, 3.63) is 40.0 Å². The van der Waals surface area contributed by atoms with Crippen molar-refractivity contribution in [2.75, 3.05) is 11.9 Å². The van der Waals surface area contributed by atoms with Gasteiger partial charge in [0, 0.05) is 17.6 Å². The van der Waals surface area contributed by atoms with Gasteiger partial charge < -0.3 is 5.32 Å². The second-order valence-electron chi connectivity index (χ2n) is 4.64. The van der Waals surface area contributed by atoms with Gasteiger partial charge >= 0.3 is 0 Å². The van der Waals surface area contributed by atoms with Crippen LogP contribution in [0.5, 0.6) is 0 Å². The normalized spacial score (nSPS) is 10.6. The number of halogens is 1. The molecule has 0 aliphatic heterocycles. The van der Waals surface area contributed by atoms with Crippen LogP contribution in [0.1, 0.15) is 24.5 Å². The highest BCUT2D eigenvalue weighted by Crippen LogP contribution is 2.34. The zero-order valence-electron chi connectivity index (χ0n) is 11.9. The molecule has 2 aromatic rings. The Balaban J connectivity index is 2.23. The minimum Gasteiger partial charge on any atom is -0.354 e. The summed E-state index contributed by atoms with van der Waals surface area (Å²) in [6, 6.07) is 6.46. The SMILES string of the molecule is CCCNc1ncc(Br)c(Sc2ccc(C)cc2C)n1. The Morgan fingerprint density at radius 3 is 2.80 bits per heavy atom. The quantitative estimate of drug-likeness (QED) is 0.783. The lowest BCUT2D eigenvalue weighted by molar-refractivity contribution is 0.930. The Morgan fingerprint density at radius 1 is 1.30 bits per heavy atom. The summed E-state index contributed by atoms with van der Waals surface area (Å²) in [6.45, 7) is 7.24. The van der Waals surface area contributed by atoms with Crippen molar-refractivity contribution in [3.63, 3.8) is 0 Å². The van der Waals surface area contributed by atoms with E-state index in [9.17, 15) is 0 Å². The minimum absolute atomic E-state index is 0.683. The molecule has 2 rings (SSSR count). The fourth-order valence-corrected chi connectivity index (χ4v) is 3.04. The molecule has 1 N–H and O–H groups in total. The Labute approximate surface area is 132 Å². The van der Waals surface area contributed by atoms with Gasteiger partial charge in [-0.25, -0.2) is 9.97 Å². The Morgan fingerprint density at radius 2 is 2.10 bits per heavy atom. The molecule has 0 bridgehead atoms. The van der Waals surface area contributed by atoms with Gasteiger partial charge in [0.1, 0.15) is 5.03 Å². The molecule has 1 heterocycles. The number of hydrogen-bond donors (Lipinski definition) is 1. The van der Waals surface area contributed by atoms with Crippen molar-refractivity contribution in [1.29, 1.82) is 0 Å². The molecule has 0 unspecified atom stereocenters. The lowest BCUT2D eigenvalue weighted by atomic mass is 10.2. The van der Waals surface area contributed by atoms with E-state index in [1.807, 2.05) is 0 Å². The van der Waals surface area contributed by atoms with E-state index in [1.54, 1.807) is 18.0 Å². The van der Waals surface area contributed by atoms with Gasteiger partial charge in [-0.3, -0.25) is 0 Å². The van der Waals surface area contributed by atoms with Crippen LogP contribution < -0.4 is 5.32 Å². The van der Waals surface area contributed by atoms with E-state index in [0.717, 1.165) is 22.5 Å². The van der Waals surface area contributed by atoms with Crippen molar-refractivity contribution in [2.24, 2.45) is 0 Å². The topological polar surface area (TPSA) is 37.8 Å². The highest BCUT2D eigenvalue weighted by atomic mass is 79.9. The standard InChI is InChI=1S/C15H18BrN3S/c1-4-7-17-15-18-9-12(16)14(19-15)20-13-6-5-10(2)8-11(13)3/h5-6,8-9H,4,7H2,1-3H3,(H,17,18,19). The molecule has 1 aromatic heterocycles. The van der Waals surface area contributed by atoms with Gasteiger partial charge in [-0.1, -0.05) is 36.4 Å². The Bertz CT molecular complexity index is 602. The molecular weight excluding hydrogens is 334 g/mol. The largest absolute Gasteiger partial charge is 0.354 e. The van der Waals surface area contributed by atoms with Crippen LogP contribution in [0.15, 0.2) is 38.8 Å². The van der Waals surface area contributed by atoms with Gasteiger partial charge in [0.2, 0.25) is 5.95 Å². The van der Waals surface area contributed by atoms with Crippen LogP contribution in [-0.4, -0.2) is 16.5 Å². The van der Waals surface area contributed by atoms with E-state index in [4.69, 9.17) is 0 Å². The number of benzene rings is 1. The van der Waals surface area contributed by atoms with Crippen LogP contribution in [0.2, 0.25) is 0 Å². The van der Waals surface area contributed by atoms with Crippen molar-refractivity contribution in [1.82, 2.24) is 9.97 Å². The van der Waals surface area contributed by atoms with E-state index >= 15 is 0 Å². The van der Waals surface area contributed by atoms with E-state index in [1.165, 1.54) is 16.0 Å². The molecule has 0 aliphatic rings. The molecule has 0 atom stereocenters. The van der Waals surface area contributed by atoms with Crippen molar-refractivity contribution >= 4 is 33.6 Å². The Kier molecular flexibility index (Phi) is 5.43. The third-order valence-corrected chi connectivity index (χ3v) is 4.81. The first-order valence-electron chi connectivity index (χ1n) is 6.61. The second-order valence-corrected chi connectivity index (χ2v) is 6.53. The van der Waals surface area contributed by atoms with Crippen LogP contribution in [-0.2, 0) is 0 Å². The first-order chi connectivity index (χ1) is 9.60. The zero-order valence-corrected chi connectivity index (χ0v) is 14.3. The number of anilines is 1. The summed E-state index contributed by atoms with van der Waals surface area (Å²) in [5.74, 6) is 0.683. The maximum absolute atomic E-state index is 4.56. The van der Waals surface area contributed by atoms with Crippen molar-refractivity contribution in [2.45, 2.75) is 37.1 Å². The zero-order chi connectivity index (χ0) is 14.5. The molecule has 3 nitrogen and oxygen atoms in total. The first-order valence-corrected chi connectivity index (χ1v) is 8.22. The minimum atomic E-state index is 0.683. The third kappa shape index (κ3) is 3.96. The van der Waals surface area contributed by atoms with E-state index in [2.05, 4.69) is 70.2 Å². The van der Waals surface area contributed by atoms with Gasteiger partial charge in [0.05, 0.1) is 4.47 Å². The highest BCUT2D eigenvalue weighted by molar-refractivity contribution is 9.10. The molecule has 106 valence electrons. The van der Waals surface area contributed by atoms with Gasteiger partial charge in [-0.05, 0) is 47.8 Å². The second kappa shape index (κ2) is 7.09. The smallest absolute Gasteiger partial charge is 0.223 e. The number of aryl methyl sites for hydroxylation is 2. The molecule has 0 saturated carbocycles. The highest BCUT2D eigenvalue weighted by Gasteiger charge is 2.08. The van der Waals surface area contributed by atoms with E-state index in [0.29, 0.717) is 5.95 Å². The van der Waals surface area contributed by atoms with Crippen LogP contribution in [0.25, 0.3) is 0 Å². The molecule has 0 radical (unpaired) electrons. The summed E-state index contributed by atoms with van der Waals surface area (Å²) < 4.78 is 0.921. The predicted molar refractivity (Wildman–Crippen MR) is 88.6 cm³/mol. The van der Waals surface area contributed by atoms with Gasteiger partial charge in [-0.15, -0.1) is 0 Å². The van der Waals surface area contributed by atoms with E-state index in [-0.39, 0.29) is 0 Å². The lowest BCUT2D eigenvalue weighted by Gasteiger charge is -2.09. The third-order valence-electron chi connectivity index (χ3n) is 2.78. The van der Waals surface area contributed by atoms with Gasteiger partial charge in [0.25, 0.3) is 0 Å². The average molecular weight is 352 g/mol. The summed E-state index contributed by atoms with van der Waals surface area (Å²) in [5, 5.41) is 4.15. The summed E-state index contributed by atoms with van der Waals surface area (Å²) in [6.07, 6.45) is 2.86. The maximum Gasteiger partial charge on any atom is 0.223 e. The molecule has 0 amide bonds. The summed E-state index contributed by atoms with van der Waals surface area (Å²) in [5.41, 5.74) is 2.54. The number of rotatable bonds is 5. The predicted octanol–water partition coefficient (Wildman–Crippen LogP) is 4.83. The van der Waals surface area contributed by atoms with Crippen molar-refractivity contribution < 1.29 is 0 Å². The Hall–Kier alpha value is -1.07. The number of aromatic nitrogens is 2. The van der Waals surface area contributed by atoms with E-state index < -0.39 is 0 Å². The number of hydrogen-bond acceptors (Lipinski definition) is 4. The average Bonchev–Trinajstić information content (AvgIpc) is 2.42. The number of nitrogens with zero attached hydrogens (tertiary/aromatic N) is 2. The molecular formula is C15H18BrN3S. The summed E-state index contributed by atoms with van der Waals surface area (Å²) in [7, 11) is 0. The first kappa shape index (κ1) is 15.3. The summed E-state index contributed by atoms with van der Waals surface area (Å²) >= 11 is 5.18. The fraction of sp³-hybridized carbons (Fsp3) is 0.333. The summed E-state index contributed by atoms with van der Waals surface area (Å²) in [4.78, 5) is 10.1. The van der Waals surface area contributed by atoms with Gasteiger partial charge in [0.15, 0.2) is 0 Å². The van der Waals surface area contributed by atoms with Crippen LogP contribution >= 0.6 is 27.7 Å². The van der Waals surface area contributed by atoms with Crippen LogP contribution in [0, 0.1) is 13.8 Å². The van der Waals surface area contributed by atoms with Crippen molar-refractivity contribution in [3.8, 4) is 0 Å². The van der Waals surface area contributed by atoms with Crippen LogP contribution in [0.4, 0.5) is 5.95 Å². The molecule has 0 fully saturated rings. The van der Waals surface area contributed by atoms with Gasteiger partial charge in [-0.2, -0.15) is 0 Å². The molecule has 0 aliphatic carbocycles. The monoisotopic (exact) mass is 351 g/mol.